The zero-order chi connectivity index (χ0) is 21.1. The highest BCUT2D eigenvalue weighted by Gasteiger charge is 2.29. The zero-order valence-electron chi connectivity index (χ0n) is 17.0. The molecule has 30 heavy (non-hydrogen) atoms. The predicted octanol–water partition coefficient (Wildman–Crippen LogP) is 2.35. The van der Waals surface area contributed by atoms with Crippen molar-refractivity contribution in [2.45, 2.75) is 12.8 Å². The van der Waals surface area contributed by atoms with Gasteiger partial charge in [0, 0.05) is 38.3 Å². The maximum atomic E-state index is 13.0. The number of hydrogen-bond donors (Lipinski definition) is 0. The number of ether oxygens (including phenoxy) is 1. The van der Waals surface area contributed by atoms with Gasteiger partial charge >= 0.3 is 0 Å². The molecule has 0 amide bonds. The van der Waals surface area contributed by atoms with Gasteiger partial charge < -0.3 is 9.64 Å². The average Bonchev–Trinajstić information content (AvgIpc) is 2.81. The number of ketones is 1. The monoisotopic (exact) mass is 405 g/mol. The summed E-state index contributed by atoms with van der Waals surface area (Å²) in [4.78, 5) is 40.3. The van der Waals surface area contributed by atoms with Crippen molar-refractivity contribution in [2.75, 3.05) is 25.1 Å². The molecule has 8 nitrogen and oxygen atoms in total. The molecule has 0 radical (unpaired) electrons. The lowest BCUT2D eigenvalue weighted by Gasteiger charge is -2.33. The number of methoxy groups -OCH3 is 1. The minimum atomic E-state index is -0.152. The van der Waals surface area contributed by atoms with Crippen LogP contribution in [0.2, 0.25) is 0 Å². The molecule has 3 aromatic rings. The summed E-state index contributed by atoms with van der Waals surface area (Å²) < 4.78 is 6.88. The number of para-hydroxylation sites is 1. The van der Waals surface area contributed by atoms with E-state index in [0.717, 1.165) is 0 Å². The van der Waals surface area contributed by atoms with Gasteiger partial charge in [-0.3, -0.25) is 14.2 Å². The molecule has 1 fully saturated rings. The number of carbonyl (C=O) groups excluding carboxylic acids is 1. The third-order valence-electron chi connectivity index (χ3n) is 5.48. The van der Waals surface area contributed by atoms with Crippen LogP contribution in [0, 0.1) is 5.92 Å². The van der Waals surface area contributed by atoms with Crippen LogP contribution in [0.5, 0.6) is 5.75 Å². The van der Waals surface area contributed by atoms with E-state index in [-0.39, 0.29) is 17.3 Å². The van der Waals surface area contributed by atoms with Crippen molar-refractivity contribution in [3.63, 3.8) is 0 Å². The number of aromatic nitrogens is 4. The van der Waals surface area contributed by atoms with Crippen LogP contribution in [0.1, 0.15) is 23.2 Å². The molecule has 1 aromatic carbocycles. The van der Waals surface area contributed by atoms with E-state index in [1.165, 1.54) is 17.0 Å². The van der Waals surface area contributed by atoms with Gasteiger partial charge in [0.25, 0.3) is 5.56 Å². The molecule has 154 valence electrons. The third-order valence-corrected chi connectivity index (χ3v) is 5.48. The summed E-state index contributed by atoms with van der Waals surface area (Å²) in [5, 5.41) is 0. The molecule has 0 saturated carbocycles. The summed E-state index contributed by atoms with van der Waals surface area (Å²) in [6.45, 7) is 1.28. The lowest BCUT2D eigenvalue weighted by Crippen LogP contribution is -2.40. The van der Waals surface area contributed by atoms with Gasteiger partial charge in [0.1, 0.15) is 12.1 Å². The van der Waals surface area contributed by atoms with Crippen LogP contribution in [0.15, 0.2) is 53.7 Å². The molecular formula is C22H23N5O3. The van der Waals surface area contributed by atoms with E-state index in [0.29, 0.717) is 54.6 Å². The number of Topliss-reactive ketones (excluding diaryl/α,β-unsaturated/α-hetero) is 1. The lowest BCUT2D eigenvalue weighted by molar-refractivity contribution is 0.0897. The quantitative estimate of drug-likeness (QED) is 0.602. The van der Waals surface area contributed by atoms with E-state index in [9.17, 15) is 9.59 Å². The van der Waals surface area contributed by atoms with Gasteiger partial charge in [-0.25, -0.2) is 15.0 Å². The van der Waals surface area contributed by atoms with E-state index in [1.807, 2.05) is 18.2 Å². The van der Waals surface area contributed by atoms with Gasteiger partial charge in [-0.2, -0.15) is 0 Å². The van der Waals surface area contributed by atoms with Crippen LogP contribution in [0.3, 0.4) is 0 Å². The highest BCUT2D eigenvalue weighted by molar-refractivity contribution is 6.00. The maximum absolute atomic E-state index is 13.0. The largest absolute Gasteiger partial charge is 0.496 e. The first-order valence-electron chi connectivity index (χ1n) is 9.85. The van der Waals surface area contributed by atoms with Crippen LogP contribution in [0.4, 0.5) is 5.95 Å². The summed E-state index contributed by atoms with van der Waals surface area (Å²) in [6.07, 6.45) is 4.42. The second kappa shape index (κ2) is 8.44. The van der Waals surface area contributed by atoms with Crippen LogP contribution < -0.4 is 15.2 Å². The average molecular weight is 405 g/mol. The van der Waals surface area contributed by atoms with Crippen LogP contribution in [-0.4, -0.2) is 45.5 Å². The summed E-state index contributed by atoms with van der Waals surface area (Å²) >= 11 is 0. The minimum Gasteiger partial charge on any atom is -0.496 e. The summed E-state index contributed by atoms with van der Waals surface area (Å²) in [6, 6.07) is 10.5. The van der Waals surface area contributed by atoms with Crippen molar-refractivity contribution in [1.29, 1.82) is 0 Å². The Bertz CT molecular complexity index is 1110. The molecule has 2 aromatic heterocycles. The highest BCUT2D eigenvalue weighted by Crippen LogP contribution is 2.28. The smallest absolute Gasteiger partial charge is 0.255 e. The summed E-state index contributed by atoms with van der Waals surface area (Å²) in [5.74, 6) is 1.20. The van der Waals surface area contributed by atoms with Crippen molar-refractivity contribution in [1.82, 2.24) is 19.5 Å². The number of nitrogens with zero attached hydrogens (tertiary/aromatic N) is 5. The van der Waals surface area contributed by atoms with Crippen molar-refractivity contribution in [2.24, 2.45) is 13.0 Å². The minimum absolute atomic E-state index is 0.0837. The number of hydrogen-bond acceptors (Lipinski definition) is 7. The van der Waals surface area contributed by atoms with E-state index in [4.69, 9.17) is 4.74 Å². The summed E-state index contributed by atoms with van der Waals surface area (Å²) in [5.41, 5.74) is 1.59. The van der Waals surface area contributed by atoms with Crippen molar-refractivity contribution in [3.8, 4) is 17.1 Å². The Kier molecular flexibility index (Phi) is 5.56. The van der Waals surface area contributed by atoms with Gasteiger partial charge in [0.05, 0.1) is 24.1 Å². The topological polar surface area (TPSA) is 90.2 Å². The molecule has 0 bridgehead atoms. The van der Waals surface area contributed by atoms with E-state index >= 15 is 0 Å². The predicted molar refractivity (Wildman–Crippen MR) is 113 cm³/mol. The fourth-order valence-corrected chi connectivity index (χ4v) is 3.79. The van der Waals surface area contributed by atoms with Crippen LogP contribution in [-0.2, 0) is 7.05 Å². The third kappa shape index (κ3) is 3.80. The molecule has 0 unspecified atom stereocenters. The number of rotatable bonds is 5. The number of anilines is 1. The molecule has 8 heteroatoms. The van der Waals surface area contributed by atoms with E-state index < -0.39 is 0 Å². The van der Waals surface area contributed by atoms with Crippen molar-refractivity contribution >= 4 is 11.7 Å². The second-order valence-corrected chi connectivity index (χ2v) is 7.26. The van der Waals surface area contributed by atoms with Crippen molar-refractivity contribution in [3.05, 3.63) is 64.8 Å². The van der Waals surface area contributed by atoms with Gasteiger partial charge in [-0.15, -0.1) is 0 Å². The molecule has 1 saturated heterocycles. The van der Waals surface area contributed by atoms with Crippen LogP contribution >= 0.6 is 0 Å². The van der Waals surface area contributed by atoms with Crippen LogP contribution in [0.25, 0.3) is 11.4 Å². The Morgan fingerprint density at radius 3 is 2.60 bits per heavy atom. The Labute approximate surface area is 174 Å². The fraction of sp³-hybridized carbons (Fsp3) is 0.318. The first-order chi connectivity index (χ1) is 14.6. The molecule has 4 rings (SSSR count). The Morgan fingerprint density at radius 2 is 1.90 bits per heavy atom. The van der Waals surface area contributed by atoms with Gasteiger partial charge in [-0.05, 0) is 31.0 Å². The number of piperidine rings is 1. The second-order valence-electron chi connectivity index (χ2n) is 7.26. The standard InChI is InChI=1S/C22H23N5O3/c1-26-20(28)13-18(17-7-10-23-14-24-17)25-22(26)27-11-8-15(9-12-27)21(29)16-5-3-4-6-19(16)30-2/h3-7,10,13-15H,8-9,11-12H2,1-2H3. The van der Waals surface area contributed by atoms with E-state index in [1.54, 1.807) is 32.5 Å². The molecular weight excluding hydrogens is 382 g/mol. The van der Waals surface area contributed by atoms with Gasteiger partial charge in [-0.1, -0.05) is 12.1 Å². The molecule has 0 atom stereocenters. The Morgan fingerprint density at radius 1 is 1.13 bits per heavy atom. The van der Waals surface area contributed by atoms with Gasteiger partial charge in [0.15, 0.2) is 5.78 Å². The molecule has 3 heterocycles. The number of carbonyl (C=O) groups is 1. The Hall–Kier alpha value is -3.55. The first kappa shape index (κ1) is 19.8. The SMILES string of the molecule is COc1ccccc1C(=O)C1CCN(c2nc(-c3ccncn3)cc(=O)n2C)CC1. The molecule has 0 N–H and O–H groups in total. The molecule has 0 spiro atoms. The number of benzene rings is 1. The Balaban J connectivity index is 1.54. The highest BCUT2D eigenvalue weighted by atomic mass is 16.5. The van der Waals surface area contributed by atoms with Crippen molar-refractivity contribution < 1.29 is 9.53 Å². The molecule has 0 aliphatic carbocycles. The molecule has 1 aliphatic heterocycles. The maximum Gasteiger partial charge on any atom is 0.255 e. The first-order valence-corrected chi connectivity index (χ1v) is 9.85. The fourth-order valence-electron chi connectivity index (χ4n) is 3.79. The summed E-state index contributed by atoms with van der Waals surface area (Å²) in [7, 11) is 3.28. The molecule has 1 aliphatic rings. The normalized spacial score (nSPS) is 14.5. The zero-order valence-corrected chi connectivity index (χ0v) is 17.0. The van der Waals surface area contributed by atoms with E-state index in [2.05, 4.69) is 19.9 Å². The lowest BCUT2D eigenvalue weighted by atomic mass is 9.88. The van der Waals surface area contributed by atoms with Gasteiger partial charge in [0.2, 0.25) is 5.95 Å².